The lowest BCUT2D eigenvalue weighted by Gasteiger charge is -2.19. The van der Waals surface area contributed by atoms with E-state index in [2.05, 4.69) is 15.4 Å². The Bertz CT molecular complexity index is 1420. The van der Waals surface area contributed by atoms with E-state index in [1.165, 1.54) is 18.6 Å². The molecule has 0 fully saturated rings. The van der Waals surface area contributed by atoms with Crippen LogP contribution in [0.15, 0.2) is 71.9 Å². The first-order valence-electron chi connectivity index (χ1n) is 11.2. The van der Waals surface area contributed by atoms with E-state index < -0.39 is 17.3 Å². The van der Waals surface area contributed by atoms with E-state index in [9.17, 15) is 18.4 Å². The summed E-state index contributed by atoms with van der Waals surface area (Å²) in [6, 6.07) is 13.3. The molecule has 0 spiro atoms. The van der Waals surface area contributed by atoms with Gasteiger partial charge in [-0.15, -0.1) is 0 Å². The predicted octanol–water partition coefficient (Wildman–Crippen LogP) is 4.32. The highest BCUT2D eigenvalue weighted by molar-refractivity contribution is 5.95. The van der Waals surface area contributed by atoms with Crippen LogP contribution in [0.1, 0.15) is 36.8 Å². The van der Waals surface area contributed by atoms with Crippen molar-refractivity contribution in [2.24, 2.45) is 5.41 Å². The number of rotatable bonds is 7. The Balaban J connectivity index is 1.51. The third-order valence-corrected chi connectivity index (χ3v) is 5.20. The molecule has 0 atom stereocenters. The van der Waals surface area contributed by atoms with Gasteiger partial charge in [-0.25, -0.2) is 18.6 Å². The van der Waals surface area contributed by atoms with Crippen molar-refractivity contribution in [1.29, 1.82) is 0 Å². The molecule has 8 nitrogen and oxygen atoms in total. The van der Waals surface area contributed by atoms with Crippen LogP contribution in [0, 0.1) is 17.0 Å². The van der Waals surface area contributed by atoms with Gasteiger partial charge in [0.25, 0.3) is 5.91 Å². The molecule has 0 aliphatic carbocycles. The van der Waals surface area contributed by atoms with Crippen molar-refractivity contribution < 1.29 is 18.3 Å². The largest absolute Gasteiger partial charge is 0.455 e. The highest BCUT2D eigenvalue weighted by atomic mass is 19.1. The fourth-order valence-electron chi connectivity index (χ4n) is 3.33. The molecule has 0 unspecified atom stereocenters. The maximum atomic E-state index is 14.0. The first-order chi connectivity index (χ1) is 17.1. The molecule has 1 N–H and O–H groups in total. The number of nitrogens with one attached hydrogen (secondary N) is 1. The summed E-state index contributed by atoms with van der Waals surface area (Å²) in [5.41, 5.74) is -0.288. The number of aromatic nitrogens is 4. The Morgan fingerprint density at radius 3 is 2.39 bits per heavy atom. The maximum Gasteiger partial charge on any atom is 0.350 e. The van der Waals surface area contributed by atoms with Gasteiger partial charge in [0.1, 0.15) is 23.7 Å². The van der Waals surface area contributed by atoms with E-state index in [4.69, 9.17) is 4.74 Å². The standard InChI is InChI=1S/C26H25F2N5O3/c1-26(2,3)15-30-24(34)23-22(8-5-13-29-23)36-18-11-9-17(10-12-18)33-25(35)32(16-31-33)14-19-20(27)6-4-7-21(19)28/h4-13,16H,14-15H2,1-3H3,(H,30,34). The van der Waals surface area contributed by atoms with Gasteiger partial charge < -0.3 is 10.1 Å². The van der Waals surface area contributed by atoms with E-state index >= 15 is 0 Å². The minimum Gasteiger partial charge on any atom is -0.455 e. The van der Waals surface area contributed by atoms with Crippen LogP contribution in [0.2, 0.25) is 0 Å². The molecule has 2 aromatic heterocycles. The summed E-state index contributed by atoms with van der Waals surface area (Å²) in [5, 5.41) is 6.90. The fraction of sp³-hybridized carbons (Fsp3) is 0.231. The highest BCUT2D eigenvalue weighted by Gasteiger charge is 2.18. The second-order valence-corrected chi connectivity index (χ2v) is 9.34. The zero-order valence-electron chi connectivity index (χ0n) is 20.0. The van der Waals surface area contributed by atoms with Gasteiger partial charge in [0, 0.05) is 18.3 Å². The van der Waals surface area contributed by atoms with Crippen LogP contribution in [-0.2, 0) is 6.54 Å². The van der Waals surface area contributed by atoms with Crippen molar-refractivity contribution in [2.75, 3.05) is 6.54 Å². The Morgan fingerprint density at radius 2 is 1.72 bits per heavy atom. The first-order valence-corrected chi connectivity index (χ1v) is 11.2. The van der Waals surface area contributed by atoms with Gasteiger partial charge >= 0.3 is 5.69 Å². The zero-order valence-corrected chi connectivity index (χ0v) is 20.0. The Kier molecular flexibility index (Phi) is 6.96. The van der Waals surface area contributed by atoms with Gasteiger partial charge in [0.2, 0.25) is 0 Å². The molecule has 0 aliphatic rings. The average Bonchev–Trinajstić information content (AvgIpc) is 3.20. The molecule has 36 heavy (non-hydrogen) atoms. The summed E-state index contributed by atoms with van der Waals surface area (Å²) >= 11 is 0. The van der Waals surface area contributed by atoms with Gasteiger partial charge in [-0.2, -0.15) is 9.78 Å². The van der Waals surface area contributed by atoms with Crippen molar-refractivity contribution in [3.63, 3.8) is 0 Å². The van der Waals surface area contributed by atoms with Crippen molar-refractivity contribution in [2.45, 2.75) is 27.3 Å². The van der Waals surface area contributed by atoms with Gasteiger partial charge in [-0.1, -0.05) is 26.8 Å². The second-order valence-electron chi connectivity index (χ2n) is 9.34. The number of halogens is 2. The van der Waals surface area contributed by atoms with Crippen LogP contribution in [0.5, 0.6) is 11.5 Å². The maximum absolute atomic E-state index is 14.0. The van der Waals surface area contributed by atoms with Crippen LogP contribution < -0.4 is 15.7 Å². The minimum absolute atomic E-state index is 0.0875. The summed E-state index contributed by atoms with van der Waals surface area (Å²) in [5.74, 6) is -1.13. The van der Waals surface area contributed by atoms with E-state index in [0.29, 0.717) is 18.0 Å². The molecular weight excluding hydrogens is 468 g/mol. The van der Waals surface area contributed by atoms with Crippen molar-refractivity contribution in [3.8, 4) is 17.2 Å². The zero-order chi connectivity index (χ0) is 25.9. The monoisotopic (exact) mass is 493 g/mol. The van der Waals surface area contributed by atoms with E-state index in [1.807, 2.05) is 20.8 Å². The molecule has 1 amide bonds. The number of nitrogens with zero attached hydrogens (tertiary/aromatic N) is 4. The number of hydrogen-bond acceptors (Lipinski definition) is 5. The Labute approximate surface area is 206 Å². The number of hydrogen-bond donors (Lipinski definition) is 1. The molecule has 2 aromatic carbocycles. The summed E-state index contributed by atoms with van der Waals surface area (Å²) in [6.45, 7) is 6.22. The highest BCUT2D eigenvalue weighted by Crippen LogP contribution is 2.25. The summed E-state index contributed by atoms with van der Waals surface area (Å²) < 4.78 is 36.0. The number of benzene rings is 2. The number of pyridine rings is 1. The molecule has 2 heterocycles. The third-order valence-electron chi connectivity index (χ3n) is 5.20. The van der Waals surface area contributed by atoms with Crippen molar-refractivity contribution in [1.82, 2.24) is 24.6 Å². The molecule has 0 aliphatic heterocycles. The lowest BCUT2D eigenvalue weighted by Crippen LogP contribution is -2.32. The van der Waals surface area contributed by atoms with Crippen molar-refractivity contribution >= 4 is 5.91 Å². The van der Waals surface area contributed by atoms with Crippen LogP contribution in [0.4, 0.5) is 8.78 Å². The van der Waals surface area contributed by atoms with Gasteiger partial charge in [-0.05, 0) is 53.9 Å². The summed E-state index contributed by atoms with van der Waals surface area (Å²) in [6.07, 6.45) is 2.73. The van der Waals surface area contributed by atoms with E-state index in [-0.39, 0.29) is 34.9 Å². The number of carbonyl (C=O) groups excluding carboxylic acids is 1. The fourth-order valence-corrected chi connectivity index (χ4v) is 3.33. The molecule has 0 radical (unpaired) electrons. The van der Waals surface area contributed by atoms with Crippen molar-refractivity contribution in [3.05, 3.63) is 100 Å². The molecule has 0 saturated heterocycles. The average molecular weight is 494 g/mol. The quantitative estimate of drug-likeness (QED) is 0.414. The number of carbonyl (C=O) groups is 1. The predicted molar refractivity (Wildman–Crippen MR) is 129 cm³/mol. The summed E-state index contributed by atoms with van der Waals surface area (Å²) in [4.78, 5) is 29.5. The normalized spacial score (nSPS) is 11.4. The molecule has 0 bridgehead atoms. The van der Waals surface area contributed by atoms with Crippen LogP contribution >= 0.6 is 0 Å². The third kappa shape index (κ3) is 5.65. The van der Waals surface area contributed by atoms with E-state index in [1.54, 1.807) is 36.4 Å². The molecule has 186 valence electrons. The molecule has 4 aromatic rings. The van der Waals surface area contributed by atoms with Gasteiger partial charge in [0.15, 0.2) is 11.4 Å². The molecule has 10 heteroatoms. The van der Waals surface area contributed by atoms with Gasteiger partial charge in [-0.3, -0.25) is 9.36 Å². The second kappa shape index (κ2) is 10.1. The SMILES string of the molecule is CC(C)(C)CNC(=O)c1ncccc1Oc1ccc(-n2ncn(Cc3c(F)cccc3F)c2=O)cc1. The molecular formula is C26H25F2N5O3. The topological polar surface area (TPSA) is 91.0 Å². The van der Waals surface area contributed by atoms with Gasteiger partial charge in [0.05, 0.1) is 12.2 Å². The Hall–Kier alpha value is -4.34. The first kappa shape index (κ1) is 24.8. The Morgan fingerprint density at radius 1 is 1.03 bits per heavy atom. The molecule has 0 saturated carbocycles. The van der Waals surface area contributed by atoms with Crippen LogP contribution in [0.3, 0.4) is 0 Å². The van der Waals surface area contributed by atoms with E-state index in [0.717, 1.165) is 21.4 Å². The number of amides is 1. The summed E-state index contributed by atoms with van der Waals surface area (Å²) in [7, 11) is 0. The smallest absolute Gasteiger partial charge is 0.350 e. The van der Waals surface area contributed by atoms with Crippen LogP contribution in [-0.4, -0.2) is 31.8 Å². The minimum atomic E-state index is -0.738. The lowest BCUT2D eigenvalue weighted by molar-refractivity contribution is 0.0931. The van der Waals surface area contributed by atoms with Crippen LogP contribution in [0.25, 0.3) is 5.69 Å². The lowest BCUT2D eigenvalue weighted by atomic mass is 9.97. The molecule has 4 rings (SSSR count). The number of ether oxygens (including phenoxy) is 1.